The molecule has 0 radical (unpaired) electrons. The molecule has 1 nitrogen and oxygen atoms in total. The summed E-state index contributed by atoms with van der Waals surface area (Å²) >= 11 is 0. The van der Waals surface area contributed by atoms with Gasteiger partial charge in [0.05, 0.1) is 0 Å². The smallest absolute Gasteiger partial charge is 0.0441 e. The molecule has 0 N–H and O–H groups in total. The number of benzene rings is 1. The molecule has 0 unspecified atom stereocenters. The fraction of sp³-hybridized carbons (Fsp3) is 0.375. The quantitative estimate of drug-likeness (QED) is 0.377. The molecule has 0 aliphatic heterocycles. The Morgan fingerprint density at radius 3 is 1.88 bits per heavy atom. The van der Waals surface area contributed by atoms with Gasteiger partial charge in [0, 0.05) is 11.9 Å². The summed E-state index contributed by atoms with van der Waals surface area (Å²) in [5.41, 5.74) is 4.46. The van der Waals surface area contributed by atoms with Gasteiger partial charge in [-0.1, -0.05) is 103 Å². The summed E-state index contributed by atoms with van der Waals surface area (Å²) in [5, 5.41) is 0. The maximum atomic E-state index is 4.53. The van der Waals surface area contributed by atoms with Crippen LogP contribution in [-0.2, 0) is 0 Å². The molecule has 0 bridgehead atoms. The van der Waals surface area contributed by atoms with Crippen LogP contribution in [0, 0.1) is 0 Å². The highest BCUT2D eigenvalue weighted by molar-refractivity contribution is 6.01. The lowest BCUT2D eigenvalue weighted by molar-refractivity contribution is 1.46. The minimum absolute atomic E-state index is 0.996. The van der Waals surface area contributed by atoms with Crippen molar-refractivity contribution in [1.29, 1.82) is 0 Å². The second-order valence-corrected chi connectivity index (χ2v) is 4.23. The molecule has 1 aromatic rings. The van der Waals surface area contributed by atoms with E-state index in [-0.39, 0.29) is 0 Å². The van der Waals surface area contributed by atoms with Crippen molar-refractivity contribution in [3.05, 3.63) is 78.6 Å². The van der Waals surface area contributed by atoms with Gasteiger partial charge in [-0.3, -0.25) is 4.99 Å². The maximum Gasteiger partial charge on any atom is 0.0441 e. The standard InChI is InChI=1S/C18H21N.3C2H6/c1-5-7-11-17(6-2)16(4)19-14-15(3)18-12-9-8-10-13-18;3*1-2/h5-14H,1H2,2-4H3;3*1-2H3/b11-7-,15-14+,17-6+,19-16+;;;. The largest absolute Gasteiger partial charge is 0.261 e. The number of nitrogens with zero attached hydrogens (tertiary/aromatic N) is 1. The Kier molecular flexibility index (Phi) is 24.2. The van der Waals surface area contributed by atoms with Gasteiger partial charge >= 0.3 is 0 Å². The van der Waals surface area contributed by atoms with Gasteiger partial charge in [0.1, 0.15) is 0 Å². The first kappa shape index (κ1) is 27.7. The van der Waals surface area contributed by atoms with Crippen LogP contribution in [0.3, 0.4) is 0 Å². The Labute approximate surface area is 157 Å². The lowest BCUT2D eigenvalue weighted by Crippen LogP contribution is -1.93. The third-order valence-electron chi connectivity index (χ3n) is 2.82. The van der Waals surface area contributed by atoms with E-state index in [1.807, 2.05) is 98.0 Å². The fourth-order valence-electron chi connectivity index (χ4n) is 1.64. The predicted octanol–water partition coefficient (Wildman–Crippen LogP) is 8.28. The van der Waals surface area contributed by atoms with Crippen LogP contribution >= 0.6 is 0 Å². The van der Waals surface area contributed by atoms with Crippen molar-refractivity contribution >= 4 is 11.3 Å². The molecule has 140 valence electrons. The van der Waals surface area contributed by atoms with E-state index in [1.165, 1.54) is 5.56 Å². The minimum Gasteiger partial charge on any atom is -0.261 e. The van der Waals surface area contributed by atoms with Crippen LogP contribution in [0.1, 0.15) is 67.9 Å². The summed E-state index contributed by atoms with van der Waals surface area (Å²) in [4.78, 5) is 4.53. The Morgan fingerprint density at radius 2 is 1.44 bits per heavy atom. The number of allylic oxidation sites excluding steroid dienone is 6. The predicted molar refractivity (Wildman–Crippen MR) is 120 cm³/mol. The molecule has 1 rings (SSSR count). The van der Waals surface area contributed by atoms with Crippen LogP contribution in [-0.4, -0.2) is 5.71 Å². The minimum atomic E-state index is 0.996. The van der Waals surface area contributed by atoms with E-state index in [0.29, 0.717) is 0 Å². The first-order chi connectivity index (χ1) is 12.2. The van der Waals surface area contributed by atoms with Crippen molar-refractivity contribution in [2.45, 2.75) is 62.3 Å². The van der Waals surface area contributed by atoms with Crippen LogP contribution < -0.4 is 0 Å². The number of hydrogen-bond acceptors (Lipinski definition) is 1. The van der Waals surface area contributed by atoms with Crippen molar-refractivity contribution in [3.8, 4) is 0 Å². The first-order valence-corrected chi connectivity index (χ1v) is 9.41. The molecular formula is C24H39N. The van der Waals surface area contributed by atoms with Crippen LogP contribution in [0.4, 0.5) is 0 Å². The third kappa shape index (κ3) is 13.9. The van der Waals surface area contributed by atoms with Gasteiger partial charge in [-0.05, 0) is 37.5 Å². The molecule has 0 aromatic heterocycles. The van der Waals surface area contributed by atoms with Gasteiger partial charge in [0.25, 0.3) is 0 Å². The second-order valence-electron chi connectivity index (χ2n) is 4.23. The third-order valence-corrected chi connectivity index (χ3v) is 2.82. The van der Waals surface area contributed by atoms with Gasteiger partial charge in [0.2, 0.25) is 0 Å². The average molecular weight is 342 g/mol. The maximum absolute atomic E-state index is 4.53. The Balaban J connectivity index is -0.000000725. The van der Waals surface area contributed by atoms with E-state index < -0.39 is 0 Å². The van der Waals surface area contributed by atoms with Crippen LogP contribution in [0.2, 0.25) is 0 Å². The first-order valence-electron chi connectivity index (χ1n) is 9.41. The highest BCUT2D eigenvalue weighted by atomic mass is 14.7. The van der Waals surface area contributed by atoms with Crippen molar-refractivity contribution in [1.82, 2.24) is 0 Å². The molecule has 0 aliphatic carbocycles. The van der Waals surface area contributed by atoms with E-state index in [0.717, 1.165) is 16.9 Å². The normalized spacial score (nSPS) is 11.3. The lowest BCUT2D eigenvalue weighted by Gasteiger charge is -2.01. The van der Waals surface area contributed by atoms with Crippen molar-refractivity contribution in [2.75, 3.05) is 0 Å². The molecular weight excluding hydrogens is 302 g/mol. The van der Waals surface area contributed by atoms with E-state index in [1.54, 1.807) is 6.08 Å². The summed E-state index contributed by atoms with van der Waals surface area (Å²) in [7, 11) is 0. The molecule has 0 heterocycles. The van der Waals surface area contributed by atoms with Crippen molar-refractivity contribution in [3.63, 3.8) is 0 Å². The van der Waals surface area contributed by atoms with Gasteiger partial charge in [-0.15, -0.1) is 0 Å². The Hall–Kier alpha value is -2.15. The van der Waals surface area contributed by atoms with Crippen LogP contribution in [0.25, 0.3) is 5.57 Å². The second kappa shape index (κ2) is 21.9. The molecule has 25 heavy (non-hydrogen) atoms. The van der Waals surface area contributed by atoms with Gasteiger partial charge in [-0.25, -0.2) is 0 Å². The monoisotopic (exact) mass is 341 g/mol. The van der Waals surface area contributed by atoms with Crippen molar-refractivity contribution in [2.24, 2.45) is 4.99 Å². The average Bonchev–Trinajstić information content (AvgIpc) is 2.72. The van der Waals surface area contributed by atoms with Crippen molar-refractivity contribution < 1.29 is 0 Å². The summed E-state index contributed by atoms with van der Waals surface area (Å²) in [6, 6.07) is 10.3. The molecule has 0 saturated heterocycles. The molecule has 0 atom stereocenters. The zero-order valence-electron chi connectivity index (χ0n) is 17.9. The van der Waals surface area contributed by atoms with Crippen LogP contribution in [0.5, 0.6) is 0 Å². The molecule has 0 fully saturated rings. The van der Waals surface area contributed by atoms with E-state index in [4.69, 9.17) is 0 Å². The summed E-state index contributed by atoms with van der Waals surface area (Å²) in [5.74, 6) is 0. The zero-order valence-corrected chi connectivity index (χ0v) is 17.9. The number of hydrogen-bond donors (Lipinski definition) is 0. The van der Waals surface area contributed by atoms with E-state index >= 15 is 0 Å². The Bertz CT molecular complexity index is 528. The molecule has 0 aliphatic rings. The van der Waals surface area contributed by atoms with Gasteiger partial charge < -0.3 is 0 Å². The molecule has 0 spiro atoms. The highest BCUT2D eigenvalue weighted by Gasteiger charge is 1.96. The van der Waals surface area contributed by atoms with Gasteiger partial charge in [-0.2, -0.15) is 0 Å². The van der Waals surface area contributed by atoms with Crippen LogP contribution in [0.15, 0.2) is 78.0 Å². The summed E-state index contributed by atoms with van der Waals surface area (Å²) < 4.78 is 0. The number of aliphatic imine (C=N–C) groups is 1. The Morgan fingerprint density at radius 1 is 0.920 bits per heavy atom. The summed E-state index contributed by atoms with van der Waals surface area (Å²) in [6.45, 7) is 21.8. The highest BCUT2D eigenvalue weighted by Crippen LogP contribution is 2.13. The zero-order chi connectivity index (χ0) is 20.1. The molecule has 0 saturated carbocycles. The lowest BCUT2D eigenvalue weighted by atomic mass is 10.1. The van der Waals surface area contributed by atoms with Gasteiger partial charge in [0.15, 0.2) is 0 Å². The van der Waals surface area contributed by atoms with E-state index in [2.05, 4.69) is 30.6 Å². The summed E-state index contributed by atoms with van der Waals surface area (Å²) in [6.07, 6.45) is 9.65. The molecule has 0 amide bonds. The SMILES string of the molecule is C=C\C=C/C(=C\C)C(/C)=N/C=C(\C)c1ccccc1.CC.CC.CC. The molecule has 1 heteroatoms. The number of rotatable bonds is 5. The fourth-order valence-corrected chi connectivity index (χ4v) is 1.64. The molecule has 1 aromatic carbocycles. The van der Waals surface area contributed by atoms with E-state index in [9.17, 15) is 0 Å². The topological polar surface area (TPSA) is 12.4 Å².